The molecule has 0 unspecified atom stereocenters. The first kappa shape index (κ1) is 44.5. The van der Waals surface area contributed by atoms with Crippen LogP contribution in [0.4, 0.5) is 28.4 Å². The van der Waals surface area contributed by atoms with E-state index in [0.717, 1.165) is 11.1 Å². The van der Waals surface area contributed by atoms with Crippen LogP contribution >= 0.6 is 11.8 Å². The predicted molar refractivity (Wildman–Crippen MR) is 217 cm³/mol. The van der Waals surface area contributed by atoms with Crippen molar-refractivity contribution in [1.82, 2.24) is 15.2 Å². The second-order valence-corrected chi connectivity index (χ2v) is 17.2. The topological polar surface area (TPSA) is 143 Å². The second-order valence-electron chi connectivity index (χ2n) is 16.1. The smallest absolute Gasteiger partial charge is 0.410 e. The Labute approximate surface area is 346 Å². The summed E-state index contributed by atoms with van der Waals surface area (Å²) in [6.07, 6.45) is 0.125. The number of benzene rings is 3. The maximum absolute atomic E-state index is 15.7. The van der Waals surface area contributed by atoms with Gasteiger partial charge in [0, 0.05) is 22.1 Å². The Kier molecular flexibility index (Phi) is 14.7. The number of rotatable bonds is 12. The first-order valence-corrected chi connectivity index (χ1v) is 20.1. The molecule has 3 aromatic carbocycles. The van der Waals surface area contributed by atoms with E-state index in [0.29, 0.717) is 22.4 Å². The van der Waals surface area contributed by atoms with Gasteiger partial charge < -0.3 is 29.7 Å². The number of alkyl carbamates (subject to hydrolysis) is 1. The minimum absolute atomic E-state index is 0.0206. The molecule has 0 aliphatic carbocycles. The van der Waals surface area contributed by atoms with Crippen molar-refractivity contribution in [2.75, 3.05) is 24.2 Å². The van der Waals surface area contributed by atoms with Crippen LogP contribution in [0.3, 0.4) is 0 Å². The van der Waals surface area contributed by atoms with Crippen LogP contribution in [0.2, 0.25) is 0 Å². The van der Waals surface area contributed by atoms with Crippen LogP contribution < -0.4 is 10.6 Å². The molecule has 3 amide bonds. The summed E-state index contributed by atoms with van der Waals surface area (Å²) in [5.41, 5.74) is -0.213. The third kappa shape index (κ3) is 13.2. The van der Waals surface area contributed by atoms with Gasteiger partial charge in [-0.2, -0.15) is 5.26 Å². The first-order valence-electron chi connectivity index (χ1n) is 19.1. The number of nitriles is 1. The molecule has 1 saturated heterocycles. The summed E-state index contributed by atoms with van der Waals surface area (Å²) in [5.74, 6) is -3.10. The van der Waals surface area contributed by atoms with E-state index in [2.05, 4.69) is 21.7 Å². The number of pyridine rings is 1. The van der Waals surface area contributed by atoms with Gasteiger partial charge in [-0.25, -0.2) is 22.8 Å². The highest BCUT2D eigenvalue weighted by molar-refractivity contribution is 7.99. The van der Waals surface area contributed by atoms with E-state index in [1.807, 2.05) is 6.07 Å². The van der Waals surface area contributed by atoms with E-state index in [1.165, 1.54) is 66.5 Å². The molecule has 2 N–H and O–H groups in total. The van der Waals surface area contributed by atoms with Gasteiger partial charge in [-0.15, -0.1) is 11.8 Å². The molecule has 1 aromatic heterocycles. The van der Waals surface area contributed by atoms with Crippen LogP contribution in [0.25, 0.3) is 0 Å². The van der Waals surface area contributed by atoms with E-state index in [1.54, 1.807) is 64.6 Å². The van der Waals surface area contributed by atoms with Gasteiger partial charge in [-0.3, -0.25) is 9.78 Å². The molecular weight excluding hydrogens is 784 g/mol. The summed E-state index contributed by atoms with van der Waals surface area (Å²) in [6.45, 7) is 10.7. The van der Waals surface area contributed by atoms with Crippen molar-refractivity contribution >= 4 is 35.5 Å². The van der Waals surface area contributed by atoms with Crippen molar-refractivity contribution in [3.63, 3.8) is 0 Å². The Balaban J connectivity index is 1.41. The van der Waals surface area contributed by atoms with Crippen LogP contribution in [-0.4, -0.2) is 76.3 Å². The quantitative estimate of drug-likeness (QED) is 0.134. The van der Waals surface area contributed by atoms with Gasteiger partial charge in [0.1, 0.15) is 34.7 Å². The number of carbonyl (C=O) groups excluding carboxylic acids is 3. The number of anilines is 1. The molecule has 1 aliphatic rings. The van der Waals surface area contributed by atoms with E-state index in [9.17, 15) is 28.4 Å². The van der Waals surface area contributed by atoms with Crippen LogP contribution in [0.1, 0.15) is 76.1 Å². The summed E-state index contributed by atoms with van der Waals surface area (Å²) in [6, 6.07) is 18.5. The van der Waals surface area contributed by atoms with Gasteiger partial charge in [0.25, 0.3) is 0 Å². The number of aromatic nitrogens is 1. The van der Waals surface area contributed by atoms with Crippen molar-refractivity contribution < 1.29 is 41.8 Å². The number of morpholine rings is 1. The number of thioether (sulfide) groups is 1. The summed E-state index contributed by atoms with van der Waals surface area (Å²) in [7, 11) is 0. The minimum Gasteiger partial charge on any atom is -0.444 e. The summed E-state index contributed by atoms with van der Waals surface area (Å²) in [5, 5.41) is 14.7. The maximum atomic E-state index is 15.7. The average molecular weight is 832 g/mol. The van der Waals surface area contributed by atoms with Crippen LogP contribution in [0, 0.1) is 28.8 Å². The Morgan fingerprint density at radius 3 is 2.10 bits per heavy atom. The number of halogens is 3. The summed E-state index contributed by atoms with van der Waals surface area (Å²) < 4.78 is 61.6. The van der Waals surface area contributed by atoms with Crippen LogP contribution in [0.15, 0.2) is 90.1 Å². The Morgan fingerprint density at radius 2 is 1.51 bits per heavy atom. The number of hydrogen-bond donors (Lipinski definition) is 2. The number of hydrogen-bond acceptors (Lipinski definition) is 9. The number of nitrogens with one attached hydrogen (secondary N) is 2. The Bertz CT molecular complexity index is 2090. The zero-order valence-electron chi connectivity index (χ0n) is 33.8. The van der Waals surface area contributed by atoms with E-state index < -0.39 is 70.9 Å². The number of amides is 3. The zero-order valence-corrected chi connectivity index (χ0v) is 34.6. The predicted octanol–water partition coefficient (Wildman–Crippen LogP) is 8.76. The second kappa shape index (κ2) is 19.4. The Hall–Kier alpha value is -5.59. The molecule has 0 radical (unpaired) electrons. The van der Waals surface area contributed by atoms with Gasteiger partial charge in [-0.1, -0.05) is 30.3 Å². The lowest BCUT2D eigenvalue weighted by atomic mass is 9.84. The molecule has 11 nitrogen and oxygen atoms in total. The lowest BCUT2D eigenvalue weighted by molar-refractivity contribution is -0.118. The molecule has 0 bridgehead atoms. The van der Waals surface area contributed by atoms with Crippen LogP contribution in [-0.2, 0) is 25.4 Å². The molecule has 0 saturated carbocycles. The van der Waals surface area contributed by atoms with E-state index >= 15 is 4.39 Å². The van der Waals surface area contributed by atoms with Gasteiger partial charge in [0.05, 0.1) is 55.0 Å². The molecule has 312 valence electrons. The molecule has 2 heterocycles. The molecule has 5 rings (SSSR count). The maximum Gasteiger partial charge on any atom is 0.410 e. The molecule has 1 fully saturated rings. The zero-order chi connectivity index (χ0) is 42.9. The molecule has 1 aliphatic heterocycles. The first-order chi connectivity index (χ1) is 27.9. The highest BCUT2D eigenvalue weighted by atomic mass is 32.2. The van der Waals surface area contributed by atoms with E-state index in [-0.39, 0.29) is 37.2 Å². The fourth-order valence-electron chi connectivity index (χ4n) is 6.49. The molecule has 59 heavy (non-hydrogen) atoms. The number of ether oxygens (including phenoxy) is 3. The Morgan fingerprint density at radius 1 is 0.898 bits per heavy atom. The largest absolute Gasteiger partial charge is 0.444 e. The fourth-order valence-corrected chi connectivity index (χ4v) is 7.43. The molecular formula is C44H48F3N5O6S. The third-order valence-electron chi connectivity index (χ3n) is 9.01. The van der Waals surface area contributed by atoms with Crippen LogP contribution in [0.5, 0.6) is 0 Å². The van der Waals surface area contributed by atoms with Crippen molar-refractivity contribution in [3.05, 3.63) is 125 Å². The lowest BCUT2D eigenvalue weighted by Gasteiger charge is -2.38. The highest BCUT2D eigenvalue weighted by Crippen LogP contribution is 2.32. The molecule has 0 spiro atoms. The van der Waals surface area contributed by atoms with Gasteiger partial charge in [-0.05, 0) is 108 Å². The van der Waals surface area contributed by atoms with Crippen molar-refractivity contribution in [2.45, 2.75) is 94.6 Å². The standard InChI is InChI=1S/C44H48F3N5O6S/c1-43(2,3)57-41(54)51-39(38(28-10-14-30(45)15-11-28)29-12-16-31(46)17-13-29)40(53)50-37-23-49-22-36(47)35(37)19-18-32-24-52(42(55)58-44(4,5)6)25-33(56-32)26-59-34-9-7-8-27(20-34)21-48/h7-17,20,22-23,32-33,38-39H,18-19,24-26H2,1-6H3,(H,50,53)(H,51,54)/t32-,33-,39-/m0/s1. The van der Waals surface area contributed by atoms with Crippen molar-refractivity contribution in [3.8, 4) is 6.07 Å². The SMILES string of the molecule is CC(C)(C)OC(=O)N[C@H](C(=O)Nc1cncc(F)c1CC[C@H]1CN(C(=O)OC(C)(C)C)C[C@@H](CSc2cccc(C#N)c2)O1)C(c1ccc(F)cc1)c1ccc(F)cc1. The van der Waals surface area contributed by atoms with Gasteiger partial charge in [0.15, 0.2) is 0 Å². The molecule has 4 aromatic rings. The monoisotopic (exact) mass is 831 g/mol. The molecule has 15 heteroatoms. The van der Waals surface area contributed by atoms with Crippen molar-refractivity contribution in [2.24, 2.45) is 0 Å². The lowest BCUT2D eigenvalue weighted by Crippen LogP contribution is -2.52. The van der Waals surface area contributed by atoms with Gasteiger partial charge in [0.2, 0.25) is 5.91 Å². The average Bonchev–Trinajstić information content (AvgIpc) is 3.16. The van der Waals surface area contributed by atoms with Crippen molar-refractivity contribution in [1.29, 1.82) is 5.26 Å². The number of nitrogens with zero attached hydrogens (tertiary/aromatic N) is 3. The van der Waals surface area contributed by atoms with E-state index in [4.69, 9.17) is 14.2 Å². The molecule has 3 atom stereocenters. The van der Waals surface area contributed by atoms with Gasteiger partial charge >= 0.3 is 12.2 Å². The highest BCUT2D eigenvalue weighted by Gasteiger charge is 2.36. The normalized spacial score (nSPS) is 16.2. The summed E-state index contributed by atoms with van der Waals surface area (Å²) >= 11 is 1.47. The summed E-state index contributed by atoms with van der Waals surface area (Å²) in [4.78, 5) is 47.4. The third-order valence-corrected chi connectivity index (χ3v) is 10.1. The minimum atomic E-state index is -1.44. The fraction of sp³-hybridized carbons (Fsp3) is 0.386. The number of carbonyl (C=O) groups is 3.